The summed E-state index contributed by atoms with van der Waals surface area (Å²) in [5.41, 5.74) is 7.61. The van der Waals surface area contributed by atoms with Crippen molar-refractivity contribution in [1.29, 1.82) is 0 Å². The fraction of sp³-hybridized carbons (Fsp3) is 0.0571. The summed E-state index contributed by atoms with van der Waals surface area (Å²) in [7, 11) is 0. The molecule has 0 saturated carbocycles. The number of fused-ring (bicyclic) bond motifs is 2. The average Bonchev–Trinajstić information content (AvgIpc) is 2.95. The number of para-hydroxylation sites is 1. The van der Waals surface area contributed by atoms with Gasteiger partial charge in [0.1, 0.15) is 0 Å². The molecule has 0 atom stereocenters. The molecule has 0 amide bonds. The maximum Gasteiger partial charge on any atom is 0.0853 e. The molecule has 5 aromatic carbocycles. The van der Waals surface area contributed by atoms with Crippen LogP contribution in [0.25, 0.3) is 32.7 Å². The molecule has 0 bridgehead atoms. The Morgan fingerprint density at radius 3 is 2.24 bits per heavy atom. The van der Waals surface area contributed by atoms with Gasteiger partial charge in [0.2, 0.25) is 0 Å². The van der Waals surface area contributed by atoms with Crippen LogP contribution in [-0.4, -0.2) is 6.72 Å². The molecule has 37 heavy (non-hydrogen) atoms. The summed E-state index contributed by atoms with van der Waals surface area (Å²) in [5.74, 6) is 0. The Morgan fingerprint density at radius 1 is 0.757 bits per heavy atom. The standard InChI is InChI=1S/C35H30N2/c1-5-34(36-4)35(6-2)37(30-13-8-7-9-14-30)24-26-18-19-28-23-29(21-20-27(28)22-26)32-16-11-15-31-25(3)12-10-17-33(31)32/h5-23H,1-2,4,24H2,3H3/b35-34-. The monoisotopic (exact) mass is 478 g/mol. The maximum absolute atomic E-state index is 4.18. The minimum Gasteiger partial charge on any atom is -0.335 e. The van der Waals surface area contributed by atoms with Crippen molar-refractivity contribution in [3.63, 3.8) is 0 Å². The van der Waals surface area contributed by atoms with Gasteiger partial charge >= 0.3 is 0 Å². The van der Waals surface area contributed by atoms with Crippen LogP contribution in [0, 0.1) is 6.92 Å². The van der Waals surface area contributed by atoms with Gasteiger partial charge in [0.05, 0.1) is 11.4 Å². The highest BCUT2D eigenvalue weighted by Gasteiger charge is 2.14. The molecular formula is C35H30N2. The van der Waals surface area contributed by atoms with Crippen molar-refractivity contribution < 1.29 is 0 Å². The second kappa shape index (κ2) is 10.5. The molecule has 0 radical (unpaired) electrons. The van der Waals surface area contributed by atoms with Crippen LogP contribution in [0.2, 0.25) is 0 Å². The van der Waals surface area contributed by atoms with Crippen molar-refractivity contribution in [2.24, 2.45) is 4.99 Å². The summed E-state index contributed by atoms with van der Waals surface area (Å²) >= 11 is 0. The summed E-state index contributed by atoms with van der Waals surface area (Å²) in [5, 5.41) is 5.02. The third kappa shape index (κ3) is 4.74. The lowest BCUT2D eigenvalue weighted by Gasteiger charge is -2.27. The van der Waals surface area contributed by atoms with Gasteiger partial charge in [0.15, 0.2) is 0 Å². The van der Waals surface area contributed by atoms with E-state index in [0.717, 1.165) is 11.4 Å². The second-order valence-electron chi connectivity index (χ2n) is 9.13. The van der Waals surface area contributed by atoms with Gasteiger partial charge in [-0.15, -0.1) is 0 Å². The number of allylic oxidation sites excluding steroid dienone is 2. The van der Waals surface area contributed by atoms with Crippen LogP contribution in [-0.2, 0) is 6.54 Å². The van der Waals surface area contributed by atoms with E-state index in [1.165, 1.54) is 43.8 Å². The Kier molecular flexibility index (Phi) is 6.83. The zero-order chi connectivity index (χ0) is 25.8. The van der Waals surface area contributed by atoms with Gasteiger partial charge in [-0.1, -0.05) is 92.0 Å². The van der Waals surface area contributed by atoms with E-state index in [1.54, 1.807) is 6.08 Å². The van der Waals surface area contributed by atoms with Crippen LogP contribution in [0.15, 0.2) is 145 Å². The predicted octanol–water partition coefficient (Wildman–Crippen LogP) is 9.26. The topological polar surface area (TPSA) is 15.6 Å². The van der Waals surface area contributed by atoms with Crippen molar-refractivity contribution in [1.82, 2.24) is 0 Å². The summed E-state index contributed by atoms with van der Waals surface area (Å²) in [6.45, 7) is 14.5. The van der Waals surface area contributed by atoms with E-state index in [9.17, 15) is 0 Å². The minimum atomic E-state index is 0.665. The molecule has 0 aliphatic heterocycles. The molecule has 180 valence electrons. The normalized spacial score (nSPS) is 11.7. The van der Waals surface area contributed by atoms with Crippen LogP contribution >= 0.6 is 0 Å². The van der Waals surface area contributed by atoms with E-state index in [4.69, 9.17) is 0 Å². The molecule has 2 nitrogen and oxygen atoms in total. The number of aryl methyl sites for hydroxylation is 1. The zero-order valence-corrected chi connectivity index (χ0v) is 21.2. The molecule has 0 fully saturated rings. The number of anilines is 1. The second-order valence-corrected chi connectivity index (χ2v) is 9.13. The third-order valence-electron chi connectivity index (χ3n) is 6.87. The van der Waals surface area contributed by atoms with E-state index in [-0.39, 0.29) is 0 Å². The summed E-state index contributed by atoms with van der Waals surface area (Å²) < 4.78 is 0. The molecular weight excluding hydrogens is 448 g/mol. The first-order valence-electron chi connectivity index (χ1n) is 12.4. The molecule has 0 aliphatic rings. The van der Waals surface area contributed by atoms with Crippen LogP contribution in [0.5, 0.6) is 0 Å². The van der Waals surface area contributed by atoms with E-state index in [0.29, 0.717) is 12.2 Å². The summed E-state index contributed by atoms with van der Waals surface area (Å²) in [6.07, 6.45) is 3.54. The predicted molar refractivity (Wildman–Crippen MR) is 161 cm³/mol. The van der Waals surface area contributed by atoms with Crippen molar-refractivity contribution in [3.8, 4) is 11.1 Å². The van der Waals surface area contributed by atoms with Crippen molar-refractivity contribution in [3.05, 3.63) is 151 Å². The fourth-order valence-corrected chi connectivity index (χ4v) is 4.99. The zero-order valence-electron chi connectivity index (χ0n) is 21.2. The number of rotatable bonds is 8. The number of hydrogen-bond donors (Lipinski definition) is 0. The molecule has 2 heteroatoms. The molecule has 0 saturated heterocycles. The van der Waals surface area contributed by atoms with Gasteiger partial charge in [-0.05, 0) is 93.9 Å². The first kappa shape index (κ1) is 24.0. The highest BCUT2D eigenvalue weighted by atomic mass is 15.1. The van der Waals surface area contributed by atoms with E-state index in [2.05, 4.69) is 122 Å². The number of benzene rings is 5. The largest absolute Gasteiger partial charge is 0.335 e. The Hall–Kier alpha value is -4.69. The molecule has 0 heterocycles. The van der Waals surface area contributed by atoms with Crippen molar-refractivity contribution in [2.45, 2.75) is 13.5 Å². The number of nitrogens with zero attached hydrogens (tertiary/aromatic N) is 2. The Morgan fingerprint density at radius 2 is 1.49 bits per heavy atom. The highest BCUT2D eigenvalue weighted by molar-refractivity contribution is 6.00. The SMILES string of the molecule is C=C/C(N=C)=C(\C=C)N(Cc1ccc2cc(-c3cccc4c(C)cccc34)ccc2c1)c1ccccc1. The Bertz CT molecular complexity index is 1650. The smallest absolute Gasteiger partial charge is 0.0853 e. The maximum atomic E-state index is 4.18. The van der Waals surface area contributed by atoms with Gasteiger partial charge in [-0.2, -0.15) is 0 Å². The average molecular weight is 479 g/mol. The molecule has 0 N–H and O–H groups in total. The van der Waals surface area contributed by atoms with E-state index in [1.807, 2.05) is 24.3 Å². The number of hydrogen-bond acceptors (Lipinski definition) is 2. The highest BCUT2D eigenvalue weighted by Crippen LogP contribution is 2.33. The van der Waals surface area contributed by atoms with E-state index >= 15 is 0 Å². The molecule has 5 aromatic rings. The van der Waals surface area contributed by atoms with Crippen LogP contribution in [0.1, 0.15) is 11.1 Å². The number of aliphatic imine (C=N–C) groups is 1. The lowest BCUT2D eigenvalue weighted by molar-refractivity contribution is 0.925. The van der Waals surface area contributed by atoms with E-state index < -0.39 is 0 Å². The summed E-state index contributed by atoms with van der Waals surface area (Å²) in [6, 6.07) is 36.8. The first-order valence-corrected chi connectivity index (χ1v) is 12.4. The lowest BCUT2D eigenvalue weighted by atomic mass is 9.94. The van der Waals surface area contributed by atoms with Gasteiger partial charge in [0.25, 0.3) is 0 Å². The summed E-state index contributed by atoms with van der Waals surface area (Å²) in [4.78, 5) is 6.38. The van der Waals surface area contributed by atoms with Gasteiger partial charge in [-0.3, -0.25) is 4.99 Å². The molecule has 0 unspecified atom stereocenters. The quantitative estimate of drug-likeness (QED) is 0.160. The van der Waals surface area contributed by atoms with Crippen LogP contribution < -0.4 is 4.90 Å². The Labute approximate surface area is 219 Å². The molecule has 0 aromatic heterocycles. The van der Waals surface area contributed by atoms with Gasteiger partial charge in [-0.25, -0.2) is 0 Å². The van der Waals surface area contributed by atoms with Gasteiger partial charge in [0, 0.05) is 12.2 Å². The van der Waals surface area contributed by atoms with Crippen LogP contribution in [0.4, 0.5) is 5.69 Å². The van der Waals surface area contributed by atoms with Crippen LogP contribution in [0.3, 0.4) is 0 Å². The fourth-order valence-electron chi connectivity index (χ4n) is 4.99. The van der Waals surface area contributed by atoms with Crippen molar-refractivity contribution >= 4 is 33.9 Å². The molecule has 0 spiro atoms. The molecule has 0 aliphatic carbocycles. The van der Waals surface area contributed by atoms with Crippen molar-refractivity contribution in [2.75, 3.05) is 4.90 Å². The van der Waals surface area contributed by atoms with Gasteiger partial charge < -0.3 is 4.90 Å². The molecule has 5 rings (SSSR count). The third-order valence-corrected chi connectivity index (χ3v) is 6.87. The first-order chi connectivity index (χ1) is 18.1. The Balaban J connectivity index is 1.54. The minimum absolute atomic E-state index is 0.665. The lowest BCUT2D eigenvalue weighted by Crippen LogP contribution is -2.22.